The van der Waals surface area contributed by atoms with E-state index in [9.17, 15) is 9.18 Å². The van der Waals surface area contributed by atoms with Gasteiger partial charge in [-0.15, -0.1) is 0 Å². The lowest BCUT2D eigenvalue weighted by Gasteiger charge is -2.30. The lowest BCUT2D eigenvalue weighted by molar-refractivity contribution is -0.143. The van der Waals surface area contributed by atoms with Crippen LogP contribution in [0.3, 0.4) is 0 Å². The van der Waals surface area contributed by atoms with Crippen LogP contribution in [0.2, 0.25) is 0 Å². The zero-order valence-electron chi connectivity index (χ0n) is 13.2. The number of aromatic amines is 1. The quantitative estimate of drug-likeness (QED) is 0.712. The first-order valence-electron chi connectivity index (χ1n) is 7.86. The second-order valence-corrected chi connectivity index (χ2v) is 6.00. The number of para-hydroxylation sites is 1. The van der Waals surface area contributed by atoms with Gasteiger partial charge in [0.05, 0.1) is 13.2 Å². The number of carbonyl (C=O) groups is 1. The Hall–Kier alpha value is -2.66. The van der Waals surface area contributed by atoms with Crippen LogP contribution < -0.4 is 5.32 Å². The molecule has 0 fully saturated rings. The van der Waals surface area contributed by atoms with Gasteiger partial charge in [-0.1, -0.05) is 30.3 Å². The van der Waals surface area contributed by atoms with Crippen molar-refractivity contribution in [2.45, 2.75) is 18.5 Å². The van der Waals surface area contributed by atoms with E-state index in [1.54, 1.807) is 6.07 Å². The summed E-state index contributed by atoms with van der Waals surface area (Å²) in [6, 6.07) is 13.7. The summed E-state index contributed by atoms with van der Waals surface area (Å²) in [4.78, 5) is 15.5. The molecule has 5 heteroatoms. The minimum atomic E-state index is -0.463. The van der Waals surface area contributed by atoms with E-state index in [1.165, 1.54) is 19.2 Å². The molecule has 0 amide bonds. The molecule has 4 rings (SSSR count). The van der Waals surface area contributed by atoms with Gasteiger partial charge in [0.25, 0.3) is 0 Å². The number of rotatable bonds is 2. The van der Waals surface area contributed by atoms with Crippen molar-refractivity contribution in [3.63, 3.8) is 0 Å². The van der Waals surface area contributed by atoms with Gasteiger partial charge in [-0.25, -0.2) is 4.39 Å². The zero-order chi connectivity index (χ0) is 16.7. The molecule has 0 radical (unpaired) electrons. The van der Waals surface area contributed by atoms with Gasteiger partial charge in [-0.2, -0.15) is 0 Å². The monoisotopic (exact) mass is 324 g/mol. The molecule has 2 N–H and O–H groups in total. The molecule has 2 heterocycles. The normalized spacial score (nSPS) is 19.9. The van der Waals surface area contributed by atoms with Crippen LogP contribution in [-0.4, -0.2) is 24.1 Å². The number of benzene rings is 2. The van der Waals surface area contributed by atoms with Gasteiger partial charge in [0.15, 0.2) is 0 Å². The highest BCUT2D eigenvalue weighted by molar-refractivity contribution is 5.87. The third-order valence-corrected chi connectivity index (χ3v) is 4.58. The molecule has 0 aliphatic carbocycles. The van der Waals surface area contributed by atoms with Crippen LogP contribution in [0.25, 0.3) is 10.9 Å². The van der Waals surface area contributed by atoms with Crippen molar-refractivity contribution in [1.29, 1.82) is 0 Å². The Morgan fingerprint density at radius 2 is 2.04 bits per heavy atom. The summed E-state index contributed by atoms with van der Waals surface area (Å²) < 4.78 is 18.6. The van der Waals surface area contributed by atoms with Crippen LogP contribution in [-0.2, 0) is 16.0 Å². The number of nitrogens with one attached hydrogen (secondary N) is 2. The smallest absolute Gasteiger partial charge is 0.323 e. The van der Waals surface area contributed by atoms with E-state index < -0.39 is 6.04 Å². The van der Waals surface area contributed by atoms with Crippen molar-refractivity contribution in [2.75, 3.05) is 7.11 Å². The molecular weight excluding hydrogens is 307 g/mol. The van der Waals surface area contributed by atoms with Gasteiger partial charge in [0.2, 0.25) is 0 Å². The van der Waals surface area contributed by atoms with Crippen LogP contribution >= 0.6 is 0 Å². The Morgan fingerprint density at radius 3 is 2.83 bits per heavy atom. The zero-order valence-corrected chi connectivity index (χ0v) is 13.2. The molecule has 0 unspecified atom stereocenters. The molecule has 24 heavy (non-hydrogen) atoms. The molecule has 0 saturated heterocycles. The number of halogens is 1. The van der Waals surface area contributed by atoms with E-state index >= 15 is 0 Å². The second-order valence-electron chi connectivity index (χ2n) is 6.00. The molecule has 122 valence electrons. The van der Waals surface area contributed by atoms with Crippen molar-refractivity contribution in [1.82, 2.24) is 10.3 Å². The van der Waals surface area contributed by atoms with Crippen LogP contribution in [0.5, 0.6) is 0 Å². The molecular formula is C19H17FN2O2. The average Bonchev–Trinajstić information content (AvgIpc) is 2.99. The van der Waals surface area contributed by atoms with E-state index in [1.807, 2.05) is 30.3 Å². The highest BCUT2D eigenvalue weighted by atomic mass is 19.1. The first-order chi connectivity index (χ1) is 11.7. The molecule has 2 aromatic carbocycles. The topological polar surface area (TPSA) is 54.1 Å². The molecule has 1 aliphatic rings. The lowest BCUT2D eigenvalue weighted by Crippen LogP contribution is -2.45. The SMILES string of the molecule is COC(=O)[C@@H]1Cc2c([nH]c3ccccc23)[C@H](c2cccc(F)c2)N1. The average molecular weight is 324 g/mol. The van der Waals surface area contributed by atoms with Crippen molar-refractivity contribution < 1.29 is 13.9 Å². The number of fused-ring (bicyclic) bond motifs is 3. The summed E-state index contributed by atoms with van der Waals surface area (Å²) in [6.45, 7) is 0. The fraction of sp³-hybridized carbons (Fsp3) is 0.211. The van der Waals surface area contributed by atoms with Gasteiger partial charge >= 0.3 is 5.97 Å². The maximum Gasteiger partial charge on any atom is 0.323 e. The van der Waals surface area contributed by atoms with E-state index in [0.717, 1.165) is 27.7 Å². The third-order valence-electron chi connectivity index (χ3n) is 4.58. The fourth-order valence-corrected chi connectivity index (χ4v) is 3.48. The predicted octanol–water partition coefficient (Wildman–Crippen LogP) is 3.08. The molecule has 1 aromatic heterocycles. The summed E-state index contributed by atoms with van der Waals surface area (Å²) >= 11 is 0. The highest BCUT2D eigenvalue weighted by Gasteiger charge is 2.34. The minimum Gasteiger partial charge on any atom is -0.468 e. The number of ether oxygens (including phenoxy) is 1. The summed E-state index contributed by atoms with van der Waals surface area (Å²) in [5.41, 5.74) is 3.84. The summed E-state index contributed by atoms with van der Waals surface area (Å²) in [5.74, 6) is -0.612. The first-order valence-corrected chi connectivity index (χ1v) is 7.86. The predicted molar refractivity (Wildman–Crippen MR) is 89.2 cm³/mol. The molecule has 0 bridgehead atoms. The number of esters is 1. The van der Waals surface area contributed by atoms with Crippen molar-refractivity contribution >= 4 is 16.9 Å². The van der Waals surface area contributed by atoms with Gasteiger partial charge < -0.3 is 9.72 Å². The number of H-pyrrole nitrogens is 1. The third kappa shape index (κ3) is 2.37. The molecule has 0 saturated carbocycles. The van der Waals surface area contributed by atoms with Gasteiger partial charge in [0.1, 0.15) is 11.9 Å². The van der Waals surface area contributed by atoms with E-state index in [2.05, 4.69) is 10.3 Å². The Morgan fingerprint density at radius 1 is 1.21 bits per heavy atom. The molecule has 1 aliphatic heterocycles. The lowest BCUT2D eigenvalue weighted by atomic mass is 9.90. The Kier molecular flexibility index (Phi) is 3.58. The van der Waals surface area contributed by atoms with Crippen LogP contribution in [0.4, 0.5) is 4.39 Å². The number of hydrogen-bond acceptors (Lipinski definition) is 3. The molecule has 4 nitrogen and oxygen atoms in total. The van der Waals surface area contributed by atoms with Crippen LogP contribution in [0.1, 0.15) is 22.9 Å². The molecule has 0 spiro atoms. The van der Waals surface area contributed by atoms with E-state index in [-0.39, 0.29) is 17.8 Å². The summed E-state index contributed by atoms with van der Waals surface area (Å²) in [7, 11) is 1.38. The standard InChI is InChI=1S/C19H17FN2O2/c1-24-19(23)16-10-14-13-7-2-3-8-15(13)21-18(14)17(22-16)11-5-4-6-12(20)9-11/h2-9,16-17,21-22H,10H2,1H3/t16-,17-/m0/s1. The van der Waals surface area contributed by atoms with Crippen molar-refractivity contribution in [3.05, 3.63) is 71.2 Å². The van der Waals surface area contributed by atoms with E-state index in [4.69, 9.17) is 4.74 Å². The summed E-state index contributed by atoms with van der Waals surface area (Å²) in [6.07, 6.45) is 0.540. The number of methoxy groups -OCH3 is 1. The number of carbonyl (C=O) groups excluding carboxylic acids is 1. The number of aromatic nitrogens is 1. The van der Waals surface area contributed by atoms with Gasteiger partial charge in [0, 0.05) is 23.0 Å². The number of hydrogen-bond donors (Lipinski definition) is 2. The maximum absolute atomic E-state index is 13.7. The van der Waals surface area contributed by atoms with Gasteiger partial charge in [-0.3, -0.25) is 10.1 Å². The largest absolute Gasteiger partial charge is 0.468 e. The molecule has 3 aromatic rings. The maximum atomic E-state index is 13.7. The Labute approximate surface area is 138 Å². The van der Waals surface area contributed by atoms with Crippen molar-refractivity contribution in [2.24, 2.45) is 0 Å². The summed E-state index contributed by atoms with van der Waals surface area (Å²) in [5, 5.41) is 4.38. The van der Waals surface area contributed by atoms with E-state index in [0.29, 0.717) is 6.42 Å². The molecule has 2 atom stereocenters. The van der Waals surface area contributed by atoms with Gasteiger partial charge in [-0.05, 0) is 29.3 Å². The van der Waals surface area contributed by atoms with Crippen LogP contribution in [0.15, 0.2) is 48.5 Å². The minimum absolute atomic E-state index is 0.291. The fourth-order valence-electron chi connectivity index (χ4n) is 3.48. The second kappa shape index (κ2) is 5.76. The van der Waals surface area contributed by atoms with Crippen LogP contribution in [0, 0.1) is 5.82 Å². The highest BCUT2D eigenvalue weighted by Crippen LogP contribution is 2.35. The first kappa shape index (κ1) is 14.9. The Bertz CT molecular complexity index is 919. The Balaban J connectivity index is 1.88. The van der Waals surface area contributed by atoms with Crippen molar-refractivity contribution in [3.8, 4) is 0 Å².